The second-order valence-electron chi connectivity index (χ2n) is 3.23. The third-order valence-corrected chi connectivity index (χ3v) is 2.05. The number of hydrogen-bond donors (Lipinski definition) is 0. The number of aldehydes is 1. The van der Waals surface area contributed by atoms with Gasteiger partial charge in [-0.3, -0.25) is 4.79 Å². The standard InChI is InChI=1S/C11H13NO3/c1-9-3-4-10(12(2)5-6-13)11(7-9)15-8-14/h3-4,6-8H,5H2,1-2H3. The van der Waals surface area contributed by atoms with Crippen molar-refractivity contribution in [3.05, 3.63) is 23.8 Å². The van der Waals surface area contributed by atoms with E-state index in [1.165, 1.54) is 0 Å². The number of hydrogen-bond acceptors (Lipinski definition) is 4. The predicted octanol–water partition coefficient (Wildman–Crippen LogP) is 1.17. The Bertz CT molecular complexity index is 363. The van der Waals surface area contributed by atoms with Gasteiger partial charge in [-0.15, -0.1) is 0 Å². The van der Waals surface area contributed by atoms with Crippen LogP contribution in [0.5, 0.6) is 5.75 Å². The van der Waals surface area contributed by atoms with Crippen LogP contribution in [0.2, 0.25) is 0 Å². The Balaban J connectivity index is 3.03. The lowest BCUT2D eigenvalue weighted by Crippen LogP contribution is -2.20. The molecule has 4 heteroatoms. The van der Waals surface area contributed by atoms with Gasteiger partial charge in [0.2, 0.25) is 0 Å². The van der Waals surface area contributed by atoms with Crippen molar-refractivity contribution in [3.8, 4) is 5.75 Å². The molecule has 0 bridgehead atoms. The Morgan fingerprint density at radius 3 is 2.73 bits per heavy atom. The van der Waals surface area contributed by atoms with Crippen molar-refractivity contribution in [3.63, 3.8) is 0 Å². The van der Waals surface area contributed by atoms with Crippen molar-refractivity contribution in [2.24, 2.45) is 0 Å². The Hall–Kier alpha value is -1.84. The number of nitrogens with zero attached hydrogens (tertiary/aromatic N) is 1. The van der Waals surface area contributed by atoms with Crippen molar-refractivity contribution < 1.29 is 14.3 Å². The maximum absolute atomic E-state index is 10.4. The quantitative estimate of drug-likeness (QED) is 0.680. The van der Waals surface area contributed by atoms with E-state index in [-0.39, 0.29) is 6.54 Å². The van der Waals surface area contributed by atoms with Gasteiger partial charge in [-0.05, 0) is 24.6 Å². The topological polar surface area (TPSA) is 46.6 Å². The third-order valence-electron chi connectivity index (χ3n) is 2.05. The zero-order valence-corrected chi connectivity index (χ0v) is 8.77. The van der Waals surface area contributed by atoms with Gasteiger partial charge in [0, 0.05) is 7.05 Å². The van der Waals surface area contributed by atoms with Crippen LogP contribution in [0.3, 0.4) is 0 Å². The minimum atomic E-state index is 0.262. The molecule has 0 amide bonds. The molecular weight excluding hydrogens is 194 g/mol. The van der Waals surface area contributed by atoms with Crippen LogP contribution in [0.4, 0.5) is 5.69 Å². The maximum atomic E-state index is 10.4. The molecule has 1 rings (SSSR count). The lowest BCUT2D eigenvalue weighted by Gasteiger charge is -2.18. The first-order valence-corrected chi connectivity index (χ1v) is 4.54. The highest BCUT2D eigenvalue weighted by Crippen LogP contribution is 2.27. The summed E-state index contributed by atoms with van der Waals surface area (Å²) in [5.74, 6) is 0.467. The van der Waals surface area contributed by atoms with E-state index < -0.39 is 0 Å². The minimum absolute atomic E-state index is 0.262. The summed E-state index contributed by atoms with van der Waals surface area (Å²) >= 11 is 0. The molecule has 4 nitrogen and oxygen atoms in total. The monoisotopic (exact) mass is 207 g/mol. The number of likely N-dealkylation sites (N-methyl/N-ethyl adjacent to an activating group) is 1. The molecule has 0 saturated carbocycles. The molecule has 1 aromatic rings. The summed E-state index contributed by atoms with van der Waals surface area (Å²) < 4.78 is 4.85. The molecule has 0 saturated heterocycles. The lowest BCUT2D eigenvalue weighted by molar-refractivity contribution is -0.120. The van der Waals surface area contributed by atoms with E-state index in [0.717, 1.165) is 17.5 Å². The zero-order valence-electron chi connectivity index (χ0n) is 8.77. The normalized spacial score (nSPS) is 9.47. The highest BCUT2D eigenvalue weighted by Gasteiger charge is 2.08. The number of carbonyl (C=O) groups is 2. The molecule has 0 aliphatic rings. The summed E-state index contributed by atoms with van der Waals surface area (Å²) in [5, 5.41) is 0. The van der Waals surface area contributed by atoms with Gasteiger partial charge in [-0.2, -0.15) is 0 Å². The van der Waals surface area contributed by atoms with Crippen LogP contribution in [0.1, 0.15) is 5.56 Å². The minimum Gasteiger partial charge on any atom is -0.427 e. The van der Waals surface area contributed by atoms with E-state index in [4.69, 9.17) is 4.74 Å². The predicted molar refractivity (Wildman–Crippen MR) is 57.2 cm³/mol. The van der Waals surface area contributed by atoms with Gasteiger partial charge in [0.1, 0.15) is 6.29 Å². The van der Waals surface area contributed by atoms with Crippen LogP contribution in [-0.2, 0) is 9.59 Å². The van der Waals surface area contributed by atoms with Gasteiger partial charge in [0.25, 0.3) is 6.47 Å². The molecule has 0 atom stereocenters. The fourth-order valence-electron chi connectivity index (χ4n) is 1.29. The number of ether oxygens (including phenoxy) is 1. The Kier molecular flexibility index (Phi) is 3.85. The summed E-state index contributed by atoms with van der Waals surface area (Å²) in [6, 6.07) is 5.47. The van der Waals surface area contributed by atoms with Crippen LogP contribution in [-0.4, -0.2) is 26.4 Å². The maximum Gasteiger partial charge on any atom is 0.298 e. The summed E-state index contributed by atoms with van der Waals surface area (Å²) in [6.45, 7) is 2.55. The van der Waals surface area contributed by atoms with Crippen LogP contribution < -0.4 is 9.64 Å². The SMILES string of the molecule is Cc1ccc(N(C)CC=O)c(OC=O)c1. The van der Waals surface area contributed by atoms with E-state index in [2.05, 4.69) is 0 Å². The number of anilines is 1. The number of rotatable bonds is 5. The van der Waals surface area contributed by atoms with E-state index in [9.17, 15) is 9.59 Å². The molecule has 80 valence electrons. The fourth-order valence-corrected chi connectivity index (χ4v) is 1.29. The molecule has 1 aromatic carbocycles. The molecule has 0 spiro atoms. The smallest absolute Gasteiger partial charge is 0.298 e. The van der Waals surface area contributed by atoms with Gasteiger partial charge in [-0.25, -0.2) is 0 Å². The van der Waals surface area contributed by atoms with Gasteiger partial charge in [0.05, 0.1) is 12.2 Å². The molecule has 0 aliphatic heterocycles. The van der Waals surface area contributed by atoms with Crippen molar-refractivity contribution in [2.75, 3.05) is 18.5 Å². The van der Waals surface area contributed by atoms with Crippen LogP contribution in [0.25, 0.3) is 0 Å². The van der Waals surface area contributed by atoms with E-state index >= 15 is 0 Å². The van der Waals surface area contributed by atoms with E-state index in [0.29, 0.717) is 12.2 Å². The molecule has 0 unspecified atom stereocenters. The van der Waals surface area contributed by atoms with Crippen LogP contribution >= 0.6 is 0 Å². The average molecular weight is 207 g/mol. The molecular formula is C11H13NO3. The molecule has 0 aliphatic carbocycles. The summed E-state index contributed by atoms with van der Waals surface area (Å²) in [4.78, 5) is 22.4. The third kappa shape index (κ3) is 2.80. The number of carbonyl (C=O) groups excluding carboxylic acids is 2. The first-order valence-electron chi connectivity index (χ1n) is 4.54. The first kappa shape index (κ1) is 11.2. The Labute approximate surface area is 88.5 Å². The van der Waals surface area contributed by atoms with Gasteiger partial charge >= 0.3 is 0 Å². The second kappa shape index (κ2) is 5.14. The first-order chi connectivity index (χ1) is 7.19. The van der Waals surface area contributed by atoms with Crippen molar-refractivity contribution in [2.45, 2.75) is 6.92 Å². The fraction of sp³-hybridized carbons (Fsp3) is 0.273. The van der Waals surface area contributed by atoms with Gasteiger partial charge in [0.15, 0.2) is 5.75 Å². The van der Waals surface area contributed by atoms with Crippen LogP contribution in [0, 0.1) is 6.92 Å². The lowest BCUT2D eigenvalue weighted by atomic mass is 10.2. The second-order valence-corrected chi connectivity index (χ2v) is 3.23. The highest BCUT2D eigenvalue weighted by molar-refractivity contribution is 5.67. The van der Waals surface area contributed by atoms with Crippen LogP contribution in [0.15, 0.2) is 18.2 Å². The largest absolute Gasteiger partial charge is 0.427 e. The summed E-state index contributed by atoms with van der Waals surface area (Å²) in [7, 11) is 1.76. The average Bonchev–Trinajstić information content (AvgIpc) is 2.18. The molecule has 0 radical (unpaired) electrons. The van der Waals surface area contributed by atoms with Crippen molar-refractivity contribution in [1.29, 1.82) is 0 Å². The van der Waals surface area contributed by atoms with Gasteiger partial charge in [-0.1, -0.05) is 6.07 Å². The number of benzene rings is 1. The van der Waals surface area contributed by atoms with E-state index in [1.807, 2.05) is 19.1 Å². The molecule has 15 heavy (non-hydrogen) atoms. The zero-order chi connectivity index (χ0) is 11.3. The van der Waals surface area contributed by atoms with E-state index in [1.54, 1.807) is 18.0 Å². The molecule has 0 N–H and O–H groups in total. The molecule has 0 heterocycles. The number of aryl methyl sites for hydroxylation is 1. The highest BCUT2D eigenvalue weighted by atomic mass is 16.5. The Morgan fingerprint density at radius 2 is 2.13 bits per heavy atom. The van der Waals surface area contributed by atoms with Gasteiger partial charge < -0.3 is 14.4 Å². The van der Waals surface area contributed by atoms with Crippen molar-refractivity contribution >= 4 is 18.4 Å². The Morgan fingerprint density at radius 1 is 1.40 bits per heavy atom. The van der Waals surface area contributed by atoms with Crippen molar-refractivity contribution in [1.82, 2.24) is 0 Å². The summed E-state index contributed by atoms with van der Waals surface area (Å²) in [5.41, 5.74) is 1.72. The molecule has 0 fully saturated rings. The summed E-state index contributed by atoms with van der Waals surface area (Å²) in [6.07, 6.45) is 0.796. The molecule has 0 aromatic heterocycles.